The summed E-state index contributed by atoms with van der Waals surface area (Å²) in [4.78, 5) is 62.1. The van der Waals surface area contributed by atoms with Crippen molar-refractivity contribution in [2.24, 2.45) is 0 Å². The Balaban J connectivity index is 0.00000107. The fraction of sp³-hybridized carbons (Fsp3) is 0.353. The van der Waals surface area contributed by atoms with Gasteiger partial charge in [0, 0.05) is 32.6 Å². The zero-order chi connectivity index (χ0) is 36.2. The van der Waals surface area contributed by atoms with E-state index in [9.17, 15) is 37.5 Å². The van der Waals surface area contributed by atoms with Crippen LogP contribution in [0.1, 0.15) is 57.1 Å². The molecule has 1 unspecified atom stereocenters. The van der Waals surface area contributed by atoms with Gasteiger partial charge in [-0.2, -0.15) is 13.2 Å². The number of alkyl halides is 3. The summed E-state index contributed by atoms with van der Waals surface area (Å²) in [5, 5.41) is 28.2. The largest absolute Gasteiger partial charge is 0.490 e. The molecule has 0 aliphatic rings. The first kappa shape index (κ1) is 39.7. The molecule has 1 heterocycles. The van der Waals surface area contributed by atoms with Gasteiger partial charge < -0.3 is 31.5 Å². The van der Waals surface area contributed by atoms with E-state index in [4.69, 9.17) is 9.90 Å². The van der Waals surface area contributed by atoms with E-state index in [2.05, 4.69) is 26.3 Å². The Morgan fingerprint density at radius 2 is 1.43 bits per heavy atom. The summed E-state index contributed by atoms with van der Waals surface area (Å²) in [5.74, 6) is -3.95. The van der Waals surface area contributed by atoms with Crippen molar-refractivity contribution in [3.8, 4) is 11.1 Å². The monoisotopic (exact) mass is 687 g/mol. The van der Waals surface area contributed by atoms with Gasteiger partial charge in [-0.3, -0.25) is 19.2 Å². The molecule has 1 aromatic heterocycles. The van der Waals surface area contributed by atoms with Crippen LogP contribution in [0.4, 0.5) is 19.0 Å². The number of rotatable bonds is 17. The lowest BCUT2D eigenvalue weighted by Gasteiger charge is -2.23. The number of hydrogen-bond acceptors (Lipinski definition) is 7. The second kappa shape index (κ2) is 20.7. The van der Waals surface area contributed by atoms with Crippen LogP contribution in [0.3, 0.4) is 0 Å². The first-order valence-corrected chi connectivity index (χ1v) is 15.4. The molecule has 3 amide bonds. The average Bonchev–Trinajstić information content (AvgIpc) is 3.06. The number of carboxylic acid groups (broad SMARTS) is 2. The second-order valence-electron chi connectivity index (χ2n) is 10.8. The van der Waals surface area contributed by atoms with Gasteiger partial charge in [-0.25, -0.2) is 9.78 Å². The summed E-state index contributed by atoms with van der Waals surface area (Å²) in [6, 6.07) is 21.1. The minimum atomic E-state index is -5.08. The molecule has 0 fully saturated rings. The lowest BCUT2D eigenvalue weighted by molar-refractivity contribution is -0.192. The van der Waals surface area contributed by atoms with Crippen LogP contribution >= 0.6 is 0 Å². The average molecular weight is 688 g/mol. The number of unbranched alkanes of at least 4 members (excludes halogenated alkanes) is 1. The van der Waals surface area contributed by atoms with E-state index in [1.807, 2.05) is 72.8 Å². The molecule has 2 atom stereocenters. The highest BCUT2D eigenvalue weighted by atomic mass is 19.4. The Kier molecular flexibility index (Phi) is 16.8. The maximum Gasteiger partial charge on any atom is 0.490 e. The first-order chi connectivity index (χ1) is 23.3. The first-order valence-electron chi connectivity index (χ1n) is 15.4. The van der Waals surface area contributed by atoms with Gasteiger partial charge in [0.1, 0.15) is 11.9 Å². The maximum atomic E-state index is 13.4. The van der Waals surface area contributed by atoms with Gasteiger partial charge in [0.25, 0.3) is 0 Å². The van der Waals surface area contributed by atoms with E-state index in [-0.39, 0.29) is 24.7 Å². The highest BCUT2D eigenvalue weighted by Gasteiger charge is 2.38. The number of pyridine rings is 1. The molecule has 49 heavy (non-hydrogen) atoms. The molecule has 15 heteroatoms. The quantitative estimate of drug-likeness (QED) is 0.109. The number of carbonyl (C=O) groups excluding carboxylic acids is 3. The van der Waals surface area contributed by atoms with Crippen LogP contribution in [-0.4, -0.2) is 70.2 Å². The Morgan fingerprint density at radius 3 is 2.00 bits per heavy atom. The molecule has 0 aliphatic carbocycles. The van der Waals surface area contributed by atoms with Crippen LogP contribution in [0.5, 0.6) is 0 Å². The standard InChI is InChI=1S/C32H39N5O5.C2HF3O2/c1-23(38)33-19-7-5-12-27(36-30(39)14-9-21-35-29-13-6-8-20-34-29)32(42)37-28(22-31(40)41)26-17-15-25(16-18-26)24-10-3-2-4-11-24;3-2(4,5)1(6)7/h2-4,6,8,10-11,13,15-18,20,27-28H,5,7,9,12,14,19,21-22H2,1H3,(H,33,38)(H,34,35)(H,36,39)(H,37,42)(H,40,41);(H,6,7)/t27-,28?;/m0./s1. The number of benzene rings is 2. The van der Waals surface area contributed by atoms with E-state index < -0.39 is 36.1 Å². The molecule has 0 saturated heterocycles. The number of nitrogens with one attached hydrogen (secondary N) is 4. The van der Waals surface area contributed by atoms with Crippen molar-refractivity contribution in [3.05, 3.63) is 84.6 Å². The predicted octanol–water partition coefficient (Wildman–Crippen LogP) is 4.70. The molecule has 12 nitrogen and oxygen atoms in total. The summed E-state index contributed by atoms with van der Waals surface area (Å²) in [6.07, 6.45) is -1.42. The molecular formula is C34H40F3N5O7. The summed E-state index contributed by atoms with van der Waals surface area (Å²) in [5.41, 5.74) is 2.66. The number of anilines is 1. The van der Waals surface area contributed by atoms with Crippen LogP contribution in [0.25, 0.3) is 11.1 Å². The van der Waals surface area contributed by atoms with Crippen LogP contribution < -0.4 is 21.3 Å². The second-order valence-corrected chi connectivity index (χ2v) is 10.8. The lowest BCUT2D eigenvalue weighted by atomic mass is 9.98. The SMILES string of the molecule is CC(=O)NCCCC[C@H](NC(=O)CCCNc1ccccn1)C(=O)NC(CC(=O)O)c1ccc(-c2ccccc2)cc1.O=C(O)C(F)(F)F. The summed E-state index contributed by atoms with van der Waals surface area (Å²) in [7, 11) is 0. The summed E-state index contributed by atoms with van der Waals surface area (Å²) in [6.45, 7) is 2.44. The van der Waals surface area contributed by atoms with Crippen molar-refractivity contribution < 1.29 is 47.4 Å². The number of hydrogen-bond donors (Lipinski definition) is 6. The lowest BCUT2D eigenvalue weighted by Crippen LogP contribution is -2.48. The Hall–Kier alpha value is -5.47. The Labute approximate surface area is 281 Å². The third kappa shape index (κ3) is 16.3. The fourth-order valence-electron chi connectivity index (χ4n) is 4.44. The van der Waals surface area contributed by atoms with Gasteiger partial charge in [0.2, 0.25) is 17.7 Å². The van der Waals surface area contributed by atoms with Gasteiger partial charge in [0.15, 0.2) is 0 Å². The highest BCUT2D eigenvalue weighted by molar-refractivity contribution is 5.88. The minimum absolute atomic E-state index is 0.133. The van der Waals surface area contributed by atoms with Crippen LogP contribution in [0, 0.1) is 0 Å². The van der Waals surface area contributed by atoms with Crippen LogP contribution in [0.15, 0.2) is 79.0 Å². The van der Waals surface area contributed by atoms with E-state index in [0.29, 0.717) is 44.3 Å². The third-order valence-electron chi connectivity index (χ3n) is 6.85. The molecule has 0 saturated carbocycles. The van der Waals surface area contributed by atoms with Crippen molar-refractivity contribution in [1.82, 2.24) is 20.9 Å². The van der Waals surface area contributed by atoms with E-state index >= 15 is 0 Å². The molecule has 3 rings (SSSR count). The van der Waals surface area contributed by atoms with Gasteiger partial charge in [-0.05, 0) is 54.5 Å². The maximum absolute atomic E-state index is 13.4. The minimum Gasteiger partial charge on any atom is -0.481 e. The van der Waals surface area contributed by atoms with E-state index in [0.717, 1.165) is 16.9 Å². The molecule has 2 aromatic carbocycles. The molecule has 0 spiro atoms. The Morgan fingerprint density at radius 1 is 0.796 bits per heavy atom. The number of nitrogens with zero attached hydrogens (tertiary/aromatic N) is 1. The van der Waals surface area contributed by atoms with Crippen molar-refractivity contribution in [3.63, 3.8) is 0 Å². The number of aliphatic carboxylic acids is 2. The zero-order valence-corrected chi connectivity index (χ0v) is 26.8. The third-order valence-corrected chi connectivity index (χ3v) is 6.85. The van der Waals surface area contributed by atoms with Gasteiger partial charge in [-0.1, -0.05) is 60.7 Å². The van der Waals surface area contributed by atoms with Crippen LogP contribution in [0.2, 0.25) is 0 Å². The zero-order valence-electron chi connectivity index (χ0n) is 26.8. The van der Waals surface area contributed by atoms with Crippen molar-refractivity contribution in [1.29, 1.82) is 0 Å². The number of amides is 3. The van der Waals surface area contributed by atoms with Crippen molar-refractivity contribution in [2.75, 3.05) is 18.4 Å². The molecule has 6 N–H and O–H groups in total. The van der Waals surface area contributed by atoms with E-state index in [1.165, 1.54) is 6.92 Å². The summed E-state index contributed by atoms with van der Waals surface area (Å²) < 4.78 is 31.7. The van der Waals surface area contributed by atoms with Gasteiger partial charge in [0.05, 0.1) is 12.5 Å². The molecule has 3 aromatic rings. The topological polar surface area (TPSA) is 187 Å². The van der Waals surface area contributed by atoms with Gasteiger partial charge in [-0.15, -0.1) is 0 Å². The number of carbonyl (C=O) groups is 5. The van der Waals surface area contributed by atoms with Crippen molar-refractivity contribution in [2.45, 2.75) is 63.7 Å². The number of halogens is 3. The molecule has 0 aliphatic heterocycles. The normalized spacial score (nSPS) is 11.9. The smallest absolute Gasteiger partial charge is 0.481 e. The highest BCUT2D eigenvalue weighted by Crippen LogP contribution is 2.24. The van der Waals surface area contributed by atoms with E-state index in [1.54, 1.807) is 6.20 Å². The Bertz CT molecular complexity index is 1490. The van der Waals surface area contributed by atoms with Crippen molar-refractivity contribution >= 4 is 35.5 Å². The predicted molar refractivity (Wildman–Crippen MR) is 175 cm³/mol. The van der Waals surface area contributed by atoms with Crippen LogP contribution in [-0.2, 0) is 24.0 Å². The van der Waals surface area contributed by atoms with Gasteiger partial charge >= 0.3 is 18.1 Å². The molecule has 0 radical (unpaired) electrons. The molecule has 0 bridgehead atoms. The molecular weight excluding hydrogens is 647 g/mol. The molecule has 264 valence electrons. The number of aromatic nitrogens is 1. The summed E-state index contributed by atoms with van der Waals surface area (Å²) >= 11 is 0. The number of carboxylic acids is 2. The fourth-order valence-corrected chi connectivity index (χ4v) is 4.44.